The topological polar surface area (TPSA) is 110 Å². The van der Waals surface area contributed by atoms with Gasteiger partial charge in [0.2, 0.25) is 0 Å². The number of amides is 1. The number of anilines is 1. The standard InChI is InChI=1S/C24H18FN3O5/c1-2-32-24(31)28-19-11-15(33-23(30)14-6-5-9-26-13-14)10-17(25)22(19)20-12-21(29)16-7-3-4-8-18(16)27-20/h3-13H,2H2,1H3,(H,27,29)(H,28,31). The lowest BCUT2D eigenvalue weighted by Crippen LogP contribution is -2.16. The van der Waals surface area contributed by atoms with Gasteiger partial charge in [-0.05, 0) is 31.2 Å². The van der Waals surface area contributed by atoms with E-state index in [1.54, 1.807) is 37.3 Å². The molecule has 0 fully saturated rings. The molecule has 9 heteroatoms. The number of ether oxygens (including phenoxy) is 2. The number of esters is 1. The van der Waals surface area contributed by atoms with E-state index >= 15 is 4.39 Å². The Hall–Kier alpha value is -4.53. The van der Waals surface area contributed by atoms with Crippen molar-refractivity contribution in [1.29, 1.82) is 0 Å². The number of benzene rings is 2. The van der Waals surface area contributed by atoms with Crippen molar-refractivity contribution in [2.24, 2.45) is 0 Å². The Morgan fingerprint density at radius 2 is 1.94 bits per heavy atom. The Morgan fingerprint density at radius 1 is 1.12 bits per heavy atom. The molecule has 8 nitrogen and oxygen atoms in total. The highest BCUT2D eigenvalue weighted by Gasteiger charge is 2.20. The minimum atomic E-state index is -0.836. The van der Waals surface area contributed by atoms with Crippen LogP contribution in [0.5, 0.6) is 5.75 Å². The number of pyridine rings is 2. The van der Waals surface area contributed by atoms with E-state index in [1.165, 1.54) is 30.6 Å². The second-order valence-electron chi connectivity index (χ2n) is 6.90. The van der Waals surface area contributed by atoms with Gasteiger partial charge in [-0.2, -0.15) is 0 Å². The molecular weight excluding hydrogens is 429 g/mol. The van der Waals surface area contributed by atoms with Crippen LogP contribution in [0.1, 0.15) is 17.3 Å². The minimum absolute atomic E-state index is 0.0478. The van der Waals surface area contributed by atoms with Crippen molar-refractivity contribution in [3.63, 3.8) is 0 Å². The number of fused-ring (bicyclic) bond motifs is 1. The Kier molecular flexibility index (Phi) is 6.12. The molecule has 4 rings (SSSR count). The van der Waals surface area contributed by atoms with Crippen LogP contribution >= 0.6 is 0 Å². The molecule has 0 saturated heterocycles. The molecule has 2 aromatic carbocycles. The summed E-state index contributed by atoms with van der Waals surface area (Å²) in [7, 11) is 0. The summed E-state index contributed by atoms with van der Waals surface area (Å²) in [4.78, 5) is 43.9. The largest absolute Gasteiger partial charge is 0.450 e. The predicted octanol–water partition coefficient (Wildman–Crippen LogP) is 4.52. The van der Waals surface area contributed by atoms with Gasteiger partial charge < -0.3 is 14.5 Å². The number of hydrogen-bond acceptors (Lipinski definition) is 6. The van der Waals surface area contributed by atoms with Gasteiger partial charge in [0.1, 0.15) is 11.6 Å². The highest BCUT2D eigenvalue weighted by Crippen LogP contribution is 2.34. The molecule has 33 heavy (non-hydrogen) atoms. The van der Waals surface area contributed by atoms with E-state index in [1.807, 2.05) is 0 Å². The molecule has 2 N–H and O–H groups in total. The zero-order valence-corrected chi connectivity index (χ0v) is 17.4. The van der Waals surface area contributed by atoms with Gasteiger partial charge in [0.25, 0.3) is 0 Å². The Bertz CT molecular complexity index is 1400. The van der Waals surface area contributed by atoms with E-state index in [-0.39, 0.29) is 40.3 Å². The Labute approximate surface area is 187 Å². The SMILES string of the molecule is CCOC(=O)Nc1cc(OC(=O)c2cccnc2)cc(F)c1-c1cc(=O)c2ccccc2[nH]1. The summed E-state index contributed by atoms with van der Waals surface area (Å²) in [6.45, 7) is 1.71. The molecule has 0 radical (unpaired) electrons. The molecule has 4 aromatic rings. The summed E-state index contributed by atoms with van der Waals surface area (Å²) in [5.41, 5.74) is 0.329. The van der Waals surface area contributed by atoms with Crippen molar-refractivity contribution in [3.05, 3.63) is 88.6 Å². The van der Waals surface area contributed by atoms with Crippen molar-refractivity contribution in [2.45, 2.75) is 6.92 Å². The molecule has 2 aromatic heterocycles. The molecule has 0 saturated carbocycles. The first-order valence-electron chi connectivity index (χ1n) is 9.98. The molecule has 2 heterocycles. The first-order chi connectivity index (χ1) is 16.0. The van der Waals surface area contributed by atoms with Gasteiger partial charge in [0, 0.05) is 41.5 Å². The molecule has 0 aliphatic heterocycles. The average Bonchev–Trinajstić information content (AvgIpc) is 2.79. The van der Waals surface area contributed by atoms with E-state index in [9.17, 15) is 14.4 Å². The van der Waals surface area contributed by atoms with Crippen LogP contribution in [-0.4, -0.2) is 28.6 Å². The minimum Gasteiger partial charge on any atom is -0.450 e. The lowest BCUT2D eigenvalue weighted by atomic mass is 10.1. The van der Waals surface area contributed by atoms with E-state index in [4.69, 9.17) is 9.47 Å². The van der Waals surface area contributed by atoms with Gasteiger partial charge in [-0.15, -0.1) is 0 Å². The van der Waals surface area contributed by atoms with Gasteiger partial charge in [0.05, 0.1) is 29.1 Å². The van der Waals surface area contributed by atoms with Crippen LogP contribution in [0.2, 0.25) is 0 Å². The second kappa shape index (κ2) is 9.31. The molecule has 1 amide bonds. The zero-order valence-electron chi connectivity index (χ0n) is 17.4. The van der Waals surface area contributed by atoms with Gasteiger partial charge in [0.15, 0.2) is 5.43 Å². The van der Waals surface area contributed by atoms with Crippen LogP contribution < -0.4 is 15.5 Å². The van der Waals surface area contributed by atoms with Crippen LogP contribution in [0, 0.1) is 5.82 Å². The highest BCUT2D eigenvalue weighted by molar-refractivity contribution is 5.94. The molecule has 166 valence electrons. The number of nitrogens with zero attached hydrogens (tertiary/aromatic N) is 1. The number of aromatic nitrogens is 2. The first-order valence-corrected chi connectivity index (χ1v) is 9.98. The summed E-state index contributed by atoms with van der Waals surface area (Å²) in [6.07, 6.45) is 1.97. The summed E-state index contributed by atoms with van der Waals surface area (Å²) < 4.78 is 25.5. The maximum atomic E-state index is 15.3. The van der Waals surface area contributed by atoms with Crippen molar-refractivity contribution >= 4 is 28.7 Å². The maximum absolute atomic E-state index is 15.3. The third-order valence-corrected chi connectivity index (χ3v) is 4.69. The Balaban J connectivity index is 1.80. The van der Waals surface area contributed by atoms with Crippen molar-refractivity contribution in [3.8, 4) is 17.0 Å². The van der Waals surface area contributed by atoms with E-state index in [2.05, 4.69) is 15.3 Å². The van der Waals surface area contributed by atoms with Crippen LogP contribution in [0.4, 0.5) is 14.9 Å². The van der Waals surface area contributed by atoms with Crippen LogP contribution in [0.15, 0.2) is 71.8 Å². The maximum Gasteiger partial charge on any atom is 0.411 e. The molecule has 0 atom stereocenters. The number of H-pyrrole nitrogens is 1. The molecule has 0 spiro atoms. The van der Waals surface area contributed by atoms with Crippen molar-refractivity contribution in [1.82, 2.24) is 9.97 Å². The lowest BCUT2D eigenvalue weighted by molar-refractivity contribution is 0.0734. The smallest absolute Gasteiger partial charge is 0.411 e. The second-order valence-corrected chi connectivity index (χ2v) is 6.90. The number of halogens is 1. The average molecular weight is 447 g/mol. The van der Waals surface area contributed by atoms with Crippen molar-refractivity contribution in [2.75, 3.05) is 11.9 Å². The normalized spacial score (nSPS) is 10.6. The van der Waals surface area contributed by atoms with Crippen LogP contribution in [0.3, 0.4) is 0 Å². The molecule has 0 bridgehead atoms. The summed E-state index contributed by atoms with van der Waals surface area (Å²) in [5, 5.41) is 2.88. The van der Waals surface area contributed by atoms with Gasteiger partial charge in [-0.1, -0.05) is 12.1 Å². The fourth-order valence-electron chi connectivity index (χ4n) is 3.27. The van der Waals surface area contributed by atoms with Gasteiger partial charge in [-0.25, -0.2) is 14.0 Å². The number of aromatic amines is 1. The fraction of sp³-hybridized carbons (Fsp3) is 0.0833. The van der Waals surface area contributed by atoms with Crippen LogP contribution in [0.25, 0.3) is 22.2 Å². The fourth-order valence-corrected chi connectivity index (χ4v) is 3.27. The van der Waals surface area contributed by atoms with Gasteiger partial charge >= 0.3 is 12.1 Å². The Morgan fingerprint density at radius 3 is 2.70 bits per heavy atom. The van der Waals surface area contributed by atoms with E-state index < -0.39 is 17.9 Å². The van der Waals surface area contributed by atoms with Gasteiger partial charge in [-0.3, -0.25) is 15.1 Å². The van der Waals surface area contributed by atoms with Crippen molar-refractivity contribution < 1.29 is 23.5 Å². The number of carbonyl (C=O) groups excluding carboxylic acids is 2. The first kappa shape index (κ1) is 21.7. The summed E-state index contributed by atoms with van der Waals surface area (Å²) >= 11 is 0. The van der Waals surface area contributed by atoms with Crippen LogP contribution in [-0.2, 0) is 4.74 Å². The number of para-hydroxylation sites is 1. The molecule has 0 aliphatic carbocycles. The lowest BCUT2D eigenvalue weighted by Gasteiger charge is -2.15. The molecule has 0 aliphatic rings. The molecular formula is C24H18FN3O5. The number of nitrogens with one attached hydrogen (secondary N) is 2. The zero-order chi connectivity index (χ0) is 23.4. The van der Waals surface area contributed by atoms with E-state index in [0.717, 1.165) is 6.07 Å². The quantitative estimate of drug-likeness (QED) is 0.344. The summed E-state index contributed by atoms with van der Waals surface area (Å²) in [5.74, 6) is -1.74. The third-order valence-electron chi connectivity index (χ3n) is 4.69. The third kappa shape index (κ3) is 4.72. The highest BCUT2D eigenvalue weighted by atomic mass is 19.1. The molecule has 0 unspecified atom stereocenters. The van der Waals surface area contributed by atoms with E-state index in [0.29, 0.717) is 10.9 Å². The predicted molar refractivity (Wildman–Crippen MR) is 120 cm³/mol. The number of rotatable bonds is 5. The summed E-state index contributed by atoms with van der Waals surface area (Å²) in [6, 6.07) is 13.3. The number of hydrogen-bond donors (Lipinski definition) is 2. The number of carbonyl (C=O) groups is 2. The monoisotopic (exact) mass is 447 g/mol.